The molecule has 4 atom stereocenters. The molecule has 0 radical (unpaired) electrons. The molecule has 2 fully saturated rings. The second-order valence-electron chi connectivity index (χ2n) is 8.71. The largest absolute Gasteiger partial charge is 0.480 e. The van der Waals surface area contributed by atoms with Crippen LogP contribution in [0.15, 0.2) is 21.7 Å². The highest BCUT2D eigenvalue weighted by atomic mass is 32.2. The zero-order chi connectivity index (χ0) is 28.0. The van der Waals surface area contributed by atoms with Gasteiger partial charge in [-0.1, -0.05) is 6.07 Å². The fourth-order valence-corrected chi connectivity index (χ4v) is 7.40. The van der Waals surface area contributed by atoms with Crippen molar-refractivity contribution in [2.75, 3.05) is 38.3 Å². The second kappa shape index (κ2) is 12.9. The van der Waals surface area contributed by atoms with Crippen LogP contribution in [0.3, 0.4) is 0 Å². The van der Waals surface area contributed by atoms with E-state index >= 15 is 0 Å². The number of ether oxygens (including phenoxy) is 1. The maximum atomic E-state index is 12.8. The number of nitrogens with one attached hydrogen (secondary N) is 2. The number of amides is 3. The molecule has 38 heavy (non-hydrogen) atoms. The summed E-state index contributed by atoms with van der Waals surface area (Å²) in [4.78, 5) is 62.8. The third-order valence-corrected chi connectivity index (χ3v) is 9.81. The molecule has 4 N–H and O–H groups in total. The summed E-state index contributed by atoms with van der Waals surface area (Å²) in [5, 5.41) is 23.3. The Kier molecular flexibility index (Phi) is 10.1. The number of hydrogen-bond acceptors (Lipinski definition) is 10. The van der Waals surface area contributed by atoms with Gasteiger partial charge in [0.05, 0.1) is 11.5 Å². The van der Waals surface area contributed by atoms with Gasteiger partial charge < -0.3 is 30.1 Å². The van der Waals surface area contributed by atoms with Gasteiger partial charge in [-0.2, -0.15) is 0 Å². The third-order valence-electron chi connectivity index (χ3n) is 5.99. The first-order chi connectivity index (χ1) is 17.9. The van der Waals surface area contributed by atoms with Crippen molar-refractivity contribution >= 4 is 62.8 Å². The minimum absolute atomic E-state index is 0.0148. The average molecular weight is 593 g/mol. The molecular weight excluding hydrogens is 564 g/mol. The normalized spacial score (nSPS) is 23.4. The molecule has 1 aromatic rings. The van der Waals surface area contributed by atoms with E-state index in [4.69, 9.17) is 4.74 Å². The lowest BCUT2D eigenvalue weighted by molar-refractivity contribution is -0.147. The van der Waals surface area contributed by atoms with Gasteiger partial charge in [-0.25, -0.2) is 22.7 Å². The molecule has 3 rings (SSSR count). The van der Waals surface area contributed by atoms with E-state index in [1.165, 1.54) is 13.2 Å². The van der Waals surface area contributed by atoms with Crippen LogP contribution in [0.1, 0.15) is 12.8 Å². The second-order valence-corrected chi connectivity index (χ2v) is 12.6. The average Bonchev–Trinajstić information content (AvgIpc) is 3.58. The van der Waals surface area contributed by atoms with Gasteiger partial charge in [0.15, 0.2) is 0 Å². The lowest BCUT2D eigenvalue weighted by atomic mass is 10.1. The lowest BCUT2D eigenvalue weighted by Gasteiger charge is -2.23. The molecule has 14 nitrogen and oxygen atoms in total. The van der Waals surface area contributed by atoms with E-state index in [1.54, 1.807) is 11.4 Å². The quantitative estimate of drug-likeness (QED) is 0.223. The molecule has 0 aliphatic carbocycles. The van der Waals surface area contributed by atoms with E-state index < -0.39 is 63.9 Å². The van der Waals surface area contributed by atoms with Crippen LogP contribution in [0.25, 0.3) is 0 Å². The molecule has 3 heterocycles. The number of carboxylic acids is 2. The van der Waals surface area contributed by atoms with E-state index in [0.717, 1.165) is 32.9 Å². The lowest BCUT2D eigenvalue weighted by Crippen LogP contribution is -2.44. The summed E-state index contributed by atoms with van der Waals surface area (Å²) in [6, 6.07) is -0.756. The number of hydrogen-bond donors (Lipinski definition) is 4. The summed E-state index contributed by atoms with van der Waals surface area (Å²) >= 11 is 1.90. The molecule has 4 unspecified atom stereocenters. The number of carbonyl (C=O) groups excluding carboxylic acids is 3. The van der Waals surface area contributed by atoms with Crippen LogP contribution in [-0.4, -0.2) is 121 Å². The first kappa shape index (κ1) is 29.8. The summed E-state index contributed by atoms with van der Waals surface area (Å²) in [5.41, 5.74) is 0. The number of aliphatic carboxylic acids is 2. The highest BCUT2D eigenvalue weighted by Gasteiger charge is 2.42. The molecule has 2 saturated heterocycles. The van der Waals surface area contributed by atoms with E-state index in [2.05, 4.69) is 10.0 Å². The molecule has 2 aliphatic rings. The summed E-state index contributed by atoms with van der Waals surface area (Å²) in [7, 11) is -2.52. The number of thiophene rings is 1. The van der Waals surface area contributed by atoms with Crippen molar-refractivity contribution in [3.63, 3.8) is 0 Å². The molecule has 0 bridgehead atoms. The molecule has 210 valence electrons. The van der Waals surface area contributed by atoms with Crippen molar-refractivity contribution in [2.45, 2.75) is 41.2 Å². The van der Waals surface area contributed by atoms with Crippen LogP contribution in [0, 0.1) is 0 Å². The number of methoxy groups -OCH3 is 1. The monoisotopic (exact) mass is 592 g/mol. The Bertz CT molecular complexity index is 1160. The van der Waals surface area contributed by atoms with Gasteiger partial charge in [-0.05, 0) is 17.9 Å². The first-order valence-electron chi connectivity index (χ1n) is 11.4. The molecule has 1 aromatic heterocycles. The zero-order valence-electron chi connectivity index (χ0n) is 20.3. The van der Waals surface area contributed by atoms with Crippen LogP contribution in [-0.2, 0) is 38.7 Å². The number of carboxylic acid groups (broad SMARTS) is 2. The topological polar surface area (TPSA) is 200 Å². The summed E-state index contributed by atoms with van der Waals surface area (Å²) in [6.45, 7) is -0.367. The van der Waals surface area contributed by atoms with Crippen LogP contribution >= 0.6 is 23.1 Å². The third kappa shape index (κ3) is 7.43. The van der Waals surface area contributed by atoms with Crippen LogP contribution in [0.4, 0.5) is 0 Å². The number of thioether (sulfide) groups is 1. The highest BCUT2D eigenvalue weighted by molar-refractivity contribution is 8.00. The molecule has 0 aromatic carbocycles. The van der Waals surface area contributed by atoms with E-state index in [-0.39, 0.29) is 48.3 Å². The zero-order valence-corrected chi connectivity index (χ0v) is 22.7. The highest BCUT2D eigenvalue weighted by Crippen LogP contribution is 2.24. The van der Waals surface area contributed by atoms with Gasteiger partial charge in [0.25, 0.3) is 0 Å². The Morgan fingerprint density at radius 3 is 2.08 bits per heavy atom. The van der Waals surface area contributed by atoms with Crippen molar-refractivity contribution < 1.29 is 47.3 Å². The molecular formula is C21H28N4O10S3. The predicted octanol–water partition coefficient (Wildman–Crippen LogP) is -1.37. The molecule has 3 amide bonds. The van der Waals surface area contributed by atoms with E-state index in [1.807, 2.05) is 0 Å². The molecule has 17 heteroatoms. The van der Waals surface area contributed by atoms with Crippen LogP contribution < -0.4 is 10.0 Å². The Morgan fingerprint density at radius 1 is 1.03 bits per heavy atom. The molecule has 0 saturated carbocycles. The van der Waals surface area contributed by atoms with Gasteiger partial charge in [0.1, 0.15) is 22.9 Å². The number of likely N-dealkylation sites (tertiary alicyclic amines) is 2. The SMILES string of the molecule is COCC(=O)NC1CC(C(=O)O)N(C(=O)CSCC(=O)N2CC(NS(=O)(=O)c3cccs3)CC2C(=O)O)C1. The Labute approximate surface area is 226 Å². The van der Waals surface area contributed by atoms with Crippen molar-refractivity contribution in [1.29, 1.82) is 0 Å². The Morgan fingerprint density at radius 2 is 1.58 bits per heavy atom. The van der Waals surface area contributed by atoms with Crippen molar-refractivity contribution in [3.8, 4) is 0 Å². The number of sulfonamides is 1. The van der Waals surface area contributed by atoms with Crippen LogP contribution in [0.5, 0.6) is 0 Å². The first-order valence-corrected chi connectivity index (χ1v) is 14.9. The predicted molar refractivity (Wildman–Crippen MR) is 135 cm³/mol. The maximum Gasteiger partial charge on any atom is 0.326 e. The maximum absolute atomic E-state index is 12.8. The number of carbonyl (C=O) groups is 5. The molecule has 0 spiro atoms. The fraction of sp³-hybridized carbons (Fsp3) is 0.571. The van der Waals surface area contributed by atoms with Gasteiger partial charge in [-0.15, -0.1) is 23.1 Å². The van der Waals surface area contributed by atoms with Crippen molar-refractivity contribution in [2.24, 2.45) is 0 Å². The summed E-state index contributed by atoms with van der Waals surface area (Å²) < 4.78 is 32.2. The Balaban J connectivity index is 1.54. The van der Waals surface area contributed by atoms with E-state index in [0.29, 0.717) is 0 Å². The van der Waals surface area contributed by atoms with E-state index in [9.17, 15) is 42.6 Å². The van der Waals surface area contributed by atoms with Crippen LogP contribution in [0.2, 0.25) is 0 Å². The Hall–Kier alpha value is -2.73. The summed E-state index contributed by atoms with van der Waals surface area (Å²) in [5.74, 6) is -4.58. The number of nitrogens with zero attached hydrogens (tertiary/aromatic N) is 2. The fourth-order valence-electron chi connectivity index (χ4n) is 4.37. The summed E-state index contributed by atoms with van der Waals surface area (Å²) in [6.07, 6.45) is -0.0868. The van der Waals surface area contributed by atoms with Gasteiger partial charge in [0.2, 0.25) is 27.7 Å². The minimum Gasteiger partial charge on any atom is -0.480 e. The molecule has 2 aliphatic heterocycles. The van der Waals surface area contributed by atoms with Gasteiger partial charge >= 0.3 is 11.9 Å². The minimum atomic E-state index is -3.86. The van der Waals surface area contributed by atoms with Gasteiger partial charge in [-0.3, -0.25) is 14.4 Å². The smallest absolute Gasteiger partial charge is 0.326 e. The number of rotatable bonds is 12. The van der Waals surface area contributed by atoms with Crippen molar-refractivity contribution in [1.82, 2.24) is 19.8 Å². The van der Waals surface area contributed by atoms with Crippen molar-refractivity contribution in [3.05, 3.63) is 17.5 Å². The standard InChI is InChI=1S/C21H28N4O10S3/c1-35-9-16(26)22-12-5-14(20(29)30)24(7-12)17(27)10-36-11-18(28)25-8-13(6-15(25)21(31)32)23-38(33,34)19-3-2-4-37-19/h2-4,12-15,23H,5-11H2,1H3,(H,22,26)(H,29,30)(H,31,32). The van der Waals surface area contributed by atoms with Gasteiger partial charge in [0, 0.05) is 38.7 Å².